The number of anilines is 1. The first-order valence-corrected chi connectivity index (χ1v) is 8.94. The van der Waals surface area contributed by atoms with Crippen LogP contribution in [-0.4, -0.2) is 31.6 Å². The number of benzene rings is 2. The average molecular weight is 375 g/mol. The van der Waals surface area contributed by atoms with Crippen molar-refractivity contribution < 1.29 is 14.3 Å². The molecular formula is C20H23ClN2O3. The first-order chi connectivity index (χ1) is 12.5. The predicted octanol–water partition coefficient (Wildman–Crippen LogP) is 3.66. The van der Waals surface area contributed by atoms with Crippen LogP contribution < -0.4 is 10.2 Å². The van der Waals surface area contributed by atoms with Gasteiger partial charge in [-0.25, -0.2) is 4.79 Å². The molecule has 0 aliphatic carbocycles. The van der Waals surface area contributed by atoms with Gasteiger partial charge in [-0.3, -0.25) is 4.79 Å². The lowest BCUT2D eigenvalue weighted by Gasteiger charge is -2.20. The van der Waals surface area contributed by atoms with Gasteiger partial charge in [-0.1, -0.05) is 23.7 Å². The maximum absolute atomic E-state index is 12.1. The molecule has 6 heteroatoms. The van der Waals surface area contributed by atoms with Crippen LogP contribution in [0.2, 0.25) is 5.02 Å². The van der Waals surface area contributed by atoms with Crippen molar-refractivity contribution in [2.75, 3.05) is 24.6 Å². The van der Waals surface area contributed by atoms with E-state index in [-0.39, 0.29) is 12.5 Å². The lowest BCUT2D eigenvalue weighted by Crippen LogP contribution is -2.28. The van der Waals surface area contributed by atoms with Crippen molar-refractivity contribution in [3.8, 4) is 0 Å². The van der Waals surface area contributed by atoms with Crippen LogP contribution in [0.15, 0.2) is 48.5 Å². The second kappa shape index (κ2) is 9.82. The zero-order chi connectivity index (χ0) is 18.9. The molecule has 2 aromatic carbocycles. The predicted molar refractivity (Wildman–Crippen MR) is 104 cm³/mol. The summed E-state index contributed by atoms with van der Waals surface area (Å²) in [5.74, 6) is -0.870. The lowest BCUT2D eigenvalue weighted by atomic mass is 10.2. The fourth-order valence-electron chi connectivity index (χ4n) is 2.47. The van der Waals surface area contributed by atoms with Crippen molar-refractivity contribution in [2.24, 2.45) is 0 Å². The molecule has 0 fully saturated rings. The van der Waals surface area contributed by atoms with E-state index in [2.05, 4.69) is 24.1 Å². The lowest BCUT2D eigenvalue weighted by molar-refractivity contribution is -0.124. The van der Waals surface area contributed by atoms with Gasteiger partial charge < -0.3 is 15.0 Å². The van der Waals surface area contributed by atoms with E-state index in [0.717, 1.165) is 24.3 Å². The van der Waals surface area contributed by atoms with E-state index in [1.807, 2.05) is 24.3 Å². The molecule has 0 atom stereocenters. The van der Waals surface area contributed by atoms with Gasteiger partial charge in [0.2, 0.25) is 0 Å². The molecule has 0 unspecified atom stereocenters. The van der Waals surface area contributed by atoms with Crippen molar-refractivity contribution in [3.63, 3.8) is 0 Å². The zero-order valence-electron chi connectivity index (χ0n) is 15.0. The number of rotatable bonds is 8. The normalized spacial score (nSPS) is 10.3. The first kappa shape index (κ1) is 19.8. The minimum atomic E-state index is -0.516. The summed E-state index contributed by atoms with van der Waals surface area (Å²) in [5.41, 5.74) is 2.39. The summed E-state index contributed by atoms with van der Waals surface area (Å²) in [6, 6.07) is 14.3. The van der Waals surface area contributed by atoms with E-state index in [4.69, 9.17) is 16.3 Å². The highest BCUT2D eigenvalue weighted by Crippen LogP contribution is 2.15. The van der Waals surface area contributed by atoms with Gasteiger partial charge in [-0.15, -0.1) is 0 Å². The van der Waals surface area contributed by atoms with Crippen molar-refractivity contribution >= 4 is 29.2 Å². The van der Waals surface area contributed by atoms with Crippen LogP contribution in [0.5, 0.6) is 0 Å². The molecule has 0 aliphatic rings. The van der Waals surface area contributed by atoms with Gasteiger partial charge in [-0.2, -0.15) is 0 Å². The number of carbonyl (C=O) groups excluding carboxylic acids is 2. The summed E-state index contributed by atoms with van der Waals surface area (Å²) in [6.45, 7) is 5.99. The molecular weight excluding hydrogens is 352 g/mol. The second-order valence-corrected chi connectivity index (χ2v) is 6.13. The Hall–Kier alpha value is -2.53. The number of ether oxygens (including phenoxy) is 1. The van der Waals surface area contributed by atoms with Crippen LogP contribution in [-0.2, 0) is 16.1 Å². The second-order valence-electron chi connectivity index (χ2n) is 5.70. The van der Waals surface area contributed by atoms with Crippen LogP contribution in [0.1, 0.15) is 29.8 Å². The highest BCUT2D eigenvalue weighted by atomic mass is 35.5. The van der Waals surface area contributed by atoms with Gasteiger partial charge in [0.25, 0.3) is 5.91 Å². The Labute approximate surface area is 158 Å². The number of nitrogens with one attached hydrogen (secondary N) is 1. The molecule has 0 aliphatic heterocycles. The zero-order valence-corrected chi connectivity index (χ0v) is 15.8. The molecule has 0 aromatic heterocycles. The van der Waals surface area contributed by atoms with Gasteiger partial charge in [-0.05, 0) is 55.8 Å². The summed E-state index contributed by atoms with van der Waals surface area (Å²) < 4.78 is 5.06. The maximum atomic E-state index is 12.1. The van der Waals surface area contributed by atoms with Crippen LogP contribution in [0.25, 0.3) is 0 Å². The molecule has 0 radical (unpaired) electrons. The molecule has 5 nitrogen and oxygen atoms in total. The topological polar surface area (TPSA) is 58.6 Å². The van der Waals surface area contributed by atoms with E-state index in [1.54, 1.807) is 24.3 Å². The van der Waals surface area contributed by atoms with Gasteiger partial charge in [0.15, 0.2) is 6.61 Å². The molecule has 1 amide bonds. The van der Waals surface area contributed by atoms with E-state index >= 15 is 0 Å². The number of esters is 1. The average Bonchev–Trinajstić information content (AvgIpc) is 2.67. The van der Waals surface area contributed by atoms with Crippen molar-refractivity contribution in [1.29, 1.82) is 0 Å². The summed E-state index contributed by atoms with van der Waals surface area (Å²) in [6.07, 6.45) is 0. The number of carbonyl (C=O) groups is 2. The first-order valence-electron chi connectivity index (χ1n) is 8.56. The fourth-order valence-corrected chi connectivity index (χ4v) is 2.59. The molecule has 2 rings (SSSR count). The van der Waals surface area contributed by atoms with E-state index in [9.17, 15) is 9.59 Å². The largest absolute Gasteiger partial charge is 0.452 e. The molecule has 0 saturated heterocycles. The third-order valence-corrected chi connectivity index (χ3v) is 4.22. The molecule has 138 valence electrons. The Morgan fingerprint density at radius 3 is 2.19 bits per heavy atom. The monoisotopic (exact) mass is 374 g/mol. The summed E-state index contributed by atoms with van der Waals surface area (Å²) in [4.78, 5) is 26.0. The van der Waals surface area contributed by atoms with E-state index in [1.165, 1.54) is 0 Å². The van der Waals surface area contributed by atoms with Crippen LogP contribution >= 0.6 is 11.6 Å². The number of hydrogen-bond donors (Lipinski definition) is 1. The van der Waals surface area contributed by atoms with Crippen molar-refractivity contribution in [1.82, 2.24) is 5.32 Å². The quantitative estimate of drug-likeness (QED) is 0.716. The van der Waals surface area contributed by atoms with Crippen molar-refractivity contribution in [3.05, 3.63) is 64.7 Å². The van der Waals surface area contributed by atoms with Crippen LogP contribution in [0.4, 0.5) is 5.69 Å². The Morgan fingerprint density at radius 2 is 1.62 bits per heavy atom. The number of nitrogens with zero attached hydrogens (tertiary/aromatic N) is 1. The number of halogens is 1. The minimum absolute atomic E-state index is 0.315. The Bertz CT molecular complexity index is 726. The van der Waals surface area contributed by atoms with Gasteiger partial charge >= 0.3 is 5.97 Å². The molecule has 0 saturated carbocycles. The summed E-state index contributed by atoms with van der Waals surface area (Å²) >= 11 is 5.81. The third kappa shape index (κ3) is 5.77. The van der Waals surface area contributed by atoms with E-state index in [0.29, 0.717) is 17.1 Å². The molecule has 26 heavy (non-hydrogen) atoms. The summed E-state index contributed by atoms with van der Waals surface area (Å²) in [7, 11) is 0. The Kier molecular flexibility index (Phi) is 7.48. The highest BCUT2D eigenvalue weighted by Gasteiger charge is 2.11. The van der Waals surface area contributed by atoms with Gasteiger partial charge in [0.1, 0.15) is 0 Å². The standard InChI is InChI=1S/C20H23ClN2O3/c1-3-23(4-2)18-11-7-16(8-12-18)20(25)26-14-19(24)22-13-15-5-9-17(21)10-6-15/h5-12H,3-4,13-14H2,1-2H3,(H,22,24). The fraction of sp³-hybridized carbons (Fsp3) is 0.300. The van der Waals surface area contributed by atoms with Crippen LogP contribution in [0, 0.1) is 0 Å². The molecule has 1 N–H and O–H groups in total. The molecule has 2 aromatic rings. The SMILES string of the molecule is CCN(CC)c1ccc(C(=O)OCC(=O)NCc2ccc(Cl)cc2)cc1. The smallest absolute Gasteiger partial charge is 0.338 e. The van der Waals surface area contributed by atoms with Gasteiger partial charge in [0.05, 0.1) is 5.56 Å². The number of amides is 1. The van der Waals surface area contributed by atoms with Gasteiger partial charge in [0, 0.05) is 30.3 Å². The molecule has 0 heterocycles. The third-order valence-electron chi connectivity index (χ3n) is 3.97. The van der Waals surface area contributed by atoms with Crippen molar-refractivity contribution in [2.45, 2.75) is 20.4 Å². The summed E-state index contributed by atoms with van der Waals surface area (Å²) in [5, 5.41) is 3.34. The Balaban J connectivity index is 1.80. The number of hydrogen-bond acceptors (Lipinski definition) is 4. The Morgan fingerprint density at radius 1 is 1.00 bits per heavy atom. The maximum Gasteiger partial charge on any atom is 0.338 e. The molecule has 0 spiro atoms. The molecule has 0 bridgehead atoms. The van der Waals surface area contributed by atoms with E-state index < -0.39 is 5.97 Å². The van der Waals surface area contributed by atoms with Crippen LogP contribution in [0.3, 0.4) is 0 Å². The minimum Gasteiger partial charge on any atom is -0.452 e. The highest BCUT2D eigenvalue weighted by molar-refractivity contribution is 6.30.